The number of anilines is 1. The van der Waals surface area contributed by atoms with Crippen molar-refractivity contribution in [1.82, 2.24) is 0 Å². The lowest BCUT2D eigenvalue weighted by atomic mass is 10.1. The first kappa shape index (κ1) is 13.1. The number of nitro groups is 1. The van der Waals surface area contributed by atoms with Gasteiger partial charge in [-0.05, 0) is 19.4 Å². The van der Waals surface area contributed by atoms with Crippen molar-refractivity contribution in [2.45, 2.75) is 26.3 Å². The minimum atomic E-state index is -0.602. The summed E-state index contributed by atoms with van der Waals surface area (Å²) in [5.74, 6) is -0.342. The number of amides is 1. The van der Waals surface area contributed by atoms with Crippen LogP contribution in [-0.2, 0) is 4.79 Å². The Balaban J connectivity index is 2.90. The molecule has 0 fully saturated rings. The second-order valence-corrected chi connectivity index (χ2v) is 3.76. The van der Waals surface area contributed by atoms with Crippen molar-refractivity contribution in [2.75, 3.05) is 5.32 Å². The Morgan fingerprint density at radius 1 is 1.59 bits per heavy atom. The van der Waals surface area contributed by atoms with E-state index in [-0.39, 0.29) is 11.6 Å². The first-order valence-corrected chi connectivity index (χ1v) is 5.27. The van der Waals surface area contributed by atoms with E-state index >= 15 is 0 Å². The van der Waals surface area contributed by atoms with Gasteiger partial charge in [-0.1, -0.05) is 13.0 Å². The van der Waals surface area contributed by atoms with E-state index in [1.165, 1.54) is 6.07 Å². The summed E-state index contributed by atoms with van der Waals surface area (Å²) in [6, 6.07) is 3.93. The van der Waals surface area contributed by atoms with Crippen molar-refractivity contribution in [3.63, 3.8) is 0 Å². The van der Waals surface area contributed by atoms with Crippen molar-refractivity contribution in [2.24, 2.45) is 5.73 Å². The maximum Gasteiger partial charge on any atom is 0.274 e. The lowest BCUT2D eigenvalue weighted by molar-refractivity contribution is -0.385. The quantitative estimate of drug-likeness (QED) is 0.613. The third-order valence-corrected chi connectivity index (χ3v) is 2.45. The molecule has 0 heterocycles. The van der Waals surface area contributed by atoms with Gasteiger partial charge < -0.3 is 11.1 Å². The van der Waals surface area contributed by atoms with E-state index in [9.17, 15) is 14.9 Å². The minimum Gasteiger partial charge on any atom is -0.324 e. The number of hydrogen-bond acceptors (Lipinski definition) is 4. The molecule has 0 aromatic heterocycles. The van der Waals surface area contributed by atoms with Gasteiger partial charge in [-0.25, -0.2) is 0 Å². The van der Waals surface area contributed by atoms with Gasteiger partial charge in [-0.3, -0.25) is 14.9 Å². The van der Waals surface area contributed by atoms with Gasteiger partial charge in [0, 0.05) is 17.3 Å². The molecule has 1 rings (SSSR count). The third-order valence-electron chi connectivity index (χ3n) is 2.45. The summed E-state index contributed by atoms with van der Waals surface area (Å²) >= 11 is 0. The molecule has 0 saturated carbocycles. The number of nitro benzene ring substituents is 1. The van der Waals surface area contributed by atoms with E-state index < -0.39 is 11.0 Å². The van der Waals surface area contributed by atoms with Crippen molar-refractivity contribution < 1.29 is 9.72 Å². The SMILES string of the molecule is CC[C@H](N)C(=O)Nc1ccc(C)c([N+](=O)[O-])c1. The van der Waals surface area contributed by atoms with E-state index in [0.29, 0.717) is 17.7 Å². The summed E-state index contributed by atoms with van der Waals surface area (Å²) < 4.78 is 0. The zero-order valence-corrected chi connectivity index (χ0v) is 9.77. The molecule has 0 unspecified atom stereocenters. The van der Waals surface area contributed by atoms with E-state index in [4.69, 9.17) is 5.73 Å². The number of aryl methyl sites for hydroxylation is 1. The Morgan fingerprint density at radius 3 is 2.76 bits per heavy atom. The van der Waals surface area contributed by atoms with Crippen LogP contribution in [0.25, 0.3) is 0 Å². The van der Waals surface area contributed by atoms with Crippen LogP contribution in [0.1, 0.15) is 18.9 Å². The predicted molar refractivity (Wildman–Crippen MR) is 64.7 cm³/mol. The fourth-order valence-electron chi connectivity index (χ4n) is 1.30. The van der Waals surface area contributed by atoms with E-state index in [0.717, 1.165) is 0 Å². The predicted octanol–water partition coefficient (Wildman–Crippen LogP) is 1.58. The molecule has 0 radical (unpaired) electrons. The number of nitrogens with two attached hydrogens (primary N) is 1. The molecule has 1 amide bonds. The second kappa shape index (κ2) is 5.40. The summed E-state index contributed by atoms with van der Waals surface area (Å²) in [7, 11) is 0. The molecule has 6 nitrogen and oxygen atoms in total. The maximum atomic E-state index is 11.5. The molecule has 0 bridgehead atoms. The molecule has 0 spiro atoms. The van der Waals surface area contributed by atoms with Gasteiger partial charge in [-0.2, -0.15) is 0 Å². The Kier molecular flexibility index (Phi) is 4.17. The van der Waals surface area contributed by atoms with Gasteiger partial charge in [0.05, 0.1) is 11.0 Å². The van der Waals surface area contributed by atoms with Gasteiger partial charge in [0.15, 0.2) is 0 Å². The second-order valence-electron chi connectivity index (χ2n) is 3.76. The van der Waals surface area contributed by atoms with Crippen LogP contribution in [0.2, 0.25) is 0 Å². The highest BCUT2D eigenvalue weighted by molar-refractivity contribution is 5.94. The molecule has 17 heavy (non-hydrogen) atoms. The molecule has 0 aliphatic rings. The normalized spacial score (nSPS) is 11.9. The van der Waals surface area contributed by atoms with Crippen molar-refractivity contribution >= 4 is 17.3 Å². The van der Waals surface area contributed by atoms with Crippen molar-refractivity contribution in [3.05, 3.63) is 33.9 Å². The number of nitrogens with one attached hydrogen (secondary N) is 1. The summed E-state index contributed by atoms with van der Waals surface area (Å²) in [5.41, 5.74) is 6.46. The number of nitrogens with zero attached hydrogens (tertiary/aromatic N) is 1. The molecule has 1 aromatic carbocycles. The highest BCUT2D eigenvalue weighted by Crippen LogP contribution is 2.22. The molecular weight excluding hydrogens is 222 g/mol. The van der Waals surface area contributed by atoms with Crippen LogP contribution in [0.15, 0.2) is 18.2 Å². The number of carbonyl (C=O) groups excluding carboxylic acids is 1. The zero-order chi connectivity index (χ0) is 13.0. The van der Waals surface area contributed by atoms with Crippen LogP contribution >= 0.6 is 0 Å². The lowest BCUT2D eigenvalue weighted by Crippen LogP contribution is -2.34. The standard InChI is InChI=1S/C11H15N3O3/c1-3-9(12)11(15)13-8-5-4-7(2)10(6-8)14(16)17/h4-6,9H,3,12H2,1-2H3,(H,13,15)/t9-/m0/s1. The first-order valence-electron chi connectivity index (χ1n) is 5.27. The smallest absolute Gasteiger partial charge is 0.274 e. The Hall–Kier alpha value is -1.95. The molecule has 6 heteroatoms. The fraction of sp³-hybridized carbons (Fsp3) is 0.364. The topological polar surface area (TPSA) is 98.3 Å². The lowest BCUT2D eigenvalue weighted by Gasteiger charge is -2.10. The summed E-state index contributed by atoms with van der Waals surface area (Å²) in [6.45, 7) is 3.43. The largest absolute Gasteiger partial charge is 0.324 e. The molecule has 0 aliphatic carbocycles. The van der Waals surface area contributed by atoms with Crippen LogP contribution < -0.4 is 11.1 Å². The highest BCUT2D eigenvalue weighted by Gasteiger charge is 2.14. The van der Waals surface area contributed by atoms with Gasteiger partial charge >= 0.3 is 0 Å². The molecule has 1 aromatic rings. The van der Waals surface area contributed by atoms with Crippen LogP contribution in [-0.4, -0.2) is 16.9 Å². The molecular formula is C11H15N3O3. The first-order chi connectivity index (χ1) is 7.95. The Bertz CT molecular complexity index is 446. The van der Waals surface area contributed by atoms with E-state index in [2.05, 4.69) is 5.32 Å². The Morgan fingerprint density at radius 2 is 2.24 bits per heavy atom. The van der Waals surface area contributed by atoms with Crippen molar-refractivity contribution in [3.8, 4) is 0 Å². The summed E-state index contributed by atoms with van der Waals surface area (Å²) in [4.78, 5) is 21.7. The summed E-state index contributed by atoms with van der Waals surface area (Å²) in [5, 5.41) is 13.3. The minimum absolute atomic E-state index is 0.0205. The molecule has 92 valence electrons. The maximum absolute atomic E-state index is 11.5. The van der Waals surface area contributed by atoms with Crippen LogP contribution in [0, 0.1) is 17.0 Å². The fourth-order valence-corrected chi connectivity index (χ4v) is 1.30. The van der Waals surface area contributed by atoms with Gasteiger partial charge in [0.1, 0.15) is 0 Å². The average molecular weight is 237 g/mol. The van der Waals surface area contributed by atoms with E-state index in [1.54, 1.807) is 26.0 Å². The Labute approximate surface area is 99.0 Å². The van der Waals surface area contributed by atoms with Crippen LogP contribution in [0.3, 0.4) is 0 Å². The zero-order valence-electron chi connectivity index (χ0n) is 9.77. The number of rotatable bonds is 4. The van der Waals surface area contributed by atoms with Gasteiger partial charge in [0.2, 0.25) is 5.91 Å². The molecule has 0 aliphatic heterocycles. The van der Waals surface area contributed by atoms with Crippen LogP contribution in [0.4, 0.5) is 11.4 Å². The highest BCUT2D eigenvalue weighted by atomic mass is 16.6. The van der Waals surface area contributed by atoms with Crippen LogP contribution in [0.5, 0.6) is 0 Å². The van der Waals surface area contributed by atoms with Gasteiger partial charge in [0.25, 0.3) is 5.69 Å². The molecule has 1 atom stereocenters. The molecule has 3 N–H and O–H groups in total. The van der Waals surface area contributed by atoms with Crippen molar-refractivity contribution in [1.29, 1.82) is 0 Å². The van der Waals surface area contributed by atoms with E-state index in [1.807, 2.05) is 0 Å². The average Bonchev–Trinajstić information content (AvgIpc) is 2.30. The third kappa shape index (κ3) is 3.25. The molecule has 0 saturated heterocycles. The number of hydrogen-bond donors (Lipinski definition) is 2. The number of carbonyl (C=O) groups is 1. The van der Waals surface area contributed by atoms with Gasteiger partial charge in [-0.15, -0.1) is 0 Å². The monoisotopic (exact) mass is 237 g/mol. The summed E-state index contributed by atoms with van der Waals surface area (Å²) in [6.07, 6.45) is 0.514. The number of benzene rings is 1.